The molecule has 2 heteroatoms. The molecule has 0 aliphatic heterocycles. The van der Waals surface area contributed by atoms with Crippen molar-refractivity contribution in [1.82, 2.24) is 0 Å². The minimum Gasteiger partial charge on any atom is -0.145 e. The van der Waals surface area contributed by atoms with E-state index < -0.39 is 0 Å². The molecule has 0 aliphatic rings. The first-order valence-corrected chi connectivity index (χ1v) is 5.85. The van der Waals surface area contributed by atoms with Gasteiger partial charge in [0.15, 0.2) is 0 Å². The molecule has 0 bridgehead atoms. The number of hydrogen-bond donors (Lipinski definition) is 0. The fraction of sp³-hybridized carbons (Fsp3) is 0.455. The summed E-state index contributed by atoms with van der Waals surface area (Å²) in [6, 6.07) is 2.22. The van der Waals surface area contributed by atoms with Crippen LogP contribution in [0, 0.1) is 13.8 Å². The summed E-state index contributed by atoms with van der Waals surface area (Å²) in [5, 5.41) is 0. The highest BCUT2D eigenvalue weighted by molar-refractivity contribution is 7.12. The van der Waals surface area contributed by atoms with Crippen molar-refractivity contribution in [2.75, 3.05) is 5.88 Å². The van der Waals surface area contributed by atoms with Gasteiger partial charge in [0, 0.05) is 15.6 Å². The monoisotopic (exact) mass is 214 g/mol. The van der Waals surface area contributed by atoms with Crippen molar-refractivity contribution in [3.8, 4) is 0 Å². The predicted molar refractivity (Wildman–Crippen MR) is 62.8 cm³/mol. The summed E-state index contributed by atoms with van der Waals surface area (Å²) in [5.74, 6) is 0.644. The Hall–Kier alpha value is -0.270. The Morgan fingerprint density at radius 2 is 2.23 bits per heavy atom. The van der Waals surface area contributed by atoms with Crippen LogP contribution in [0.15, 0.2) is 11.6 Å². The van der Waals surface area contributed by atoms with Crippen molar-refractivity contribution >= 4 is 29.0 Å². The van der Waals surface area contributed by atoms with Crippen LogP contribution >= 0.6 is 22.9 Å². The Balaban J connectivity index is 2.95. The van der Waals surface area contributed by atoms with Crippen LogP contribution in [-0.4, -0.2) is 5.88 Å². The highest BCUT2D eigenvalue weighted by Crippen LogP contribution is 2.23. The second-order valence-corrected chi connectivity index (χ2v) is 4.89. The second kappa shape index (κ2) is 4.83. The molecule has 1 rings (SSSR count). The number of rotatable bonds is 3. The lowest BCUT2D eigenvalue weighted by atomic mass is 10.1. The SMILES string of the molecule is CCC(=Cc1cc(C)sc1C)CCl. The van der Waals surface area contributed by atoms with Gasteiger partial charge in [-0.3, -0.25) is 0 Å². The van der Waals surface area contributed by atoms with E-state index in [2.05, 4.69) is 32.9 Å². The molecular weight excluding hydrogens is 200 g/mol. The molecular formula is C11H15ClS. The van der Waals surface area contributed by atoms with Crippen molar-refractivity contribution in [3.63, 3.8) is 0 Å². The highest BCUT2D eigenvalue weighted by Gasteiger charge is 2.00. The fourth-order valence-corrected chi connectivity index (χ4v) is 2.42. The van der Waals surface area contributed by atoms with Gasteiger partial charge in [-0.15, -0.1) is 22.9 Å². The van der Waals surface area contributed by atoms with Crippen LogP contribution in [0.5, 0.6) is 0 Å². The lowest BCUT2D eigenvalue weighted by molar-refractivity contribution is 1.12. The standard InChI is InChI=1S/C11H15ClS/c1-4-10(7-12)6-11-5-8(2)13-9(11)3/h5-6H,4,7H2,1-3H3. The first-order valence-electron chi connectivity index (χ1n) is 4.49. The first kappa shape index (κ1) is 10.8. The Morgan fingerprint density at radius 3 is 2.62 bits per heavy atom. The number of allylic oxidation sites excluding steroid dienone is 1. The normalized spacial score (nSPS) is 12.2. The molecule has 0 saturated heterocycles. The Bertz CT molecular complexity index is 304. The third-order valence-electron chi connectivity index (χ3n) is 2.06. The molecule has 0 unspecified atom stereocenters. The molecule has 1 aromatic rings. The molecule has 72 valence electrons. The molecule has 0 aliphatic carbocycles. The van der Waals surface area contributed by atoms with E-state index in [0.717, 1.165) is 6.42 Å². The van der Waals surface area contributed by atoms with Crippen molar-refractivity contribution in [2.45, 2.75) is 27.2 Å². The van der Waals surface area contributed by atoms with E-state index >= 15 is 0 Å². The van der Waals surface area contributed by atoms with Crippen LogP contribution in [-0.2, 0) is 0 Å². The van der Waals surface area contributed by atoms with Gasteiger partial charge in [0.1, 0.15) is 0 Å². The van der Waals surface area contributed by atoms with Gasteiger partial charge in [0.25, 0.3) is 0 Å². The van der Waals surface area contributed by atoms with Gasteiger partial charge >= 0.3 is 0 Å². The summed E-state index contributed by atoms with van der Waals surface area (Å²) in [6.07, 6.45) is 3.25. The molecule has 0 saturated carbocycles. The molecule has 0 atom stereocenters. The topological polar surface area (TPSA) is 0 Å². The summed E-state index contributed by atoms with van der Waals surface area (Å²) in [7, 11) is 0. The minimum atomic E-state index is 0.644. The Labute approximate surface area is 89.2 Å². The van der Waals surface area contributed by atoms with E-state index in [1.165, 1.54) is 20.9 Å². The number of halogens is 1. The molecule has 0 spiro atoms. The van der Waals surface area contributed by atoms with E-state index in [1.807, 2.05) is 11.3 Å². The van der Waals surface area contributed by atoms with Gasteiger partial charge in [0.2, 0.25) is 0 Å². The van der Waals surface area contributed by atoms with Crippen LogP contribution < -0.4 is 0 Å². The van der Waals surface area contributed by atoms with Crippen LogP contribution in [0.2, 0.25) is 0 Å². The highest BCUT2D eigenvalue weighted by atomic mass is 35.5. The molecule has 1 aromatic heterocycles. The molecule has 13 heavy (non-hydrogen) atoms. The summed E-state index contributed by atoms with van der Waals surface area (Å²) in [5.41, 5.74) is 2.64. The first-order chi connectivity index (χ1) is 6.17. The van der Waals surface area contributed by atoms with Crippen molar-refractivity contribution < 1.29 is 0 Å². The number of aryl methyl sites for hydroxylation is 2. The zero-order valence-electron chi connectivity index (χ0n) is 8.36. The van der Waals surface area contributed by atoms with Crippen LogP contribution in [0.4, 0.5) is 0 Å². The fourth-order valence-electron chi connectivity index (χ4n) is 1.25. The quantitative estimate of drug-likeness (QED) is 0.655. The Kier molecular flexibility index (Phi) is 4.01. The average molecular weight is 215 g/mol. The Morgan fingerprint density at radius 1 is 1.54 bits per heavy atom. The van der Waals surface area contributed by atoms with Crippen molar-refractivity contribution in [2.24, 2.45) is 0 Å². The van der Waals surface area contributed by atoms with E-state index in [9.17, 15) is 0 Å². The predicted octanol–water partition coefficient (Wildman–Crippen LogP) is 4.40. The minimum absolute atomic E-state index is 0.644. The largest absolute Gasteiger partial charge is 0.145 e. The van der Waals surface area contributed by atoms with Gasteiger partial charge in [0.05, 0.1) is 0 Å². The number of hydrogen-bond acceptors (Lipinski definition) is 1. The third-order valence-corrected chi connectivity index (χ3v) is 3.39. The maximum atomic E-state index is 5.81. The van der Waals surface area contributed by atoms with Gasteiger partial charge in [-0.25, -0.2) is 0 Å². The average Bonchev–Trinajstić information content (AvgIpc) is 2.41. The zero-order chi connectivity index (χ0) is 9.84. The van der Waals surface area contributed by atoms with E-state index in [-0.39, 0.29) is 0 Å². The summed E-state index contributed by atoms with van der Waals surface area (Å²) in [4.78, 5) is 2.75. The molecule has 0 radical (unpaired) electrons. The molecule has 0 aromatic carbocycles. The van der Waals surface area contributed by atoms with Crippen LogP contribution in [0.3, 0.4) is 0 Å². The molecule has 1 heterocycles. The van der Waals surface area contributed by atoms with E-state index in [1.54, 1.807) is 0 Å². The van der Waals surface area contributed by atoms with Gasteiger partial charge in [-0.1, -0.05) is 18.6 Å². The summed E-state index contributed by atoms with van der Waals surface area (Å²) in [6.45, 7) is 6.44. The smallest absolute Gasteiger partial charge is 0.0436 e. The maximum absolute atomic E-state index is 5.81. The second-order valence-electron chi connectivity index (χ2n) is 3.16. The van der Waals surface area contributed by atoms with Crippen LogP contribution in [0.1, 0.15) is 28.7 Å². The van der Waals surface area contributed by atoms with E-state index in [4.69, 9.17) is 11.6 Å². The third kappa shape index (κ3) is 2.85. The summed E-state index contributed by atoms with van der Waals surface area (Å²) >= 11 is 7.66. The number of thiophene rings is 1. The van der Waals surface area contributed by atoms with E-state index in [0.29, 0.717) is 5.88 Å². The molecule has 0 fully saturated rings. The van der Waals surface area contributed by atoms with Crippen molar-refractivity contribution in [1.29, 1.82) is 0 Å². The molecule has 0 N–H and O–H groups in total. The van der Waals surface area contributed by atoms with Gasteiger partial charge < -0.3 is 0 Å². The maximum Gasteiger partial charge on any atom is 0.0436 e. The summed E-state index contributed by atoms with van der Waals surface area (Å²) < 4.78 is 0. The zero-order valence-corrected chi connectivity index (χ0v) is 9.93. The van der Waals surface area contributed by atoms with Gasteiger partial charge in [-0.2, -0.15) is 0 Å². The van der Waals surface area contributed by atoms with Crippen LogP contribution in [0.25, 0.3) is 6.08 Å². The molecule has 0 amide bonds. The lowest BCUT2D eigenvalue weighted by Crippen LogP contribution is -1.82. The number of alkyl halides is 1. The molecule has 0 nitrogen and oxygen atoms in total. The lowest BCUT2D eigenvalue weighted by Gasteiger charge is -1.97. The van der Waals surface area contributed by atoms with Crippen molar-refractivity contribution in [3.05, 3.63) is 27.0 Å². The van der Waals surface area contributed by atoms with Gasteiger partial charge in [-0.05, 0) is 31.9 Å².